The fraction of sp³-hybridized carbons (Fsp3) is 0.467. The van der Waals surface area contributed by atoms with Crippen molar-refractivity contribution in [2.24, 2.45) is 11.7 Å². The average molecular weight is 276 g/mol. The van der Waals surface area contributed by atoms with Gasteiger partial charge < -0.3 is 16.2 Å². The Kier molecular flexibility index (Phi) is 4.74. The van der Waals surface area contributed by atoms with E-state index in [1.54, 1.807) is 24.3 Å². The Morgan fingerprint density at radius 2 is 2.05 bits per heavy atom. The van der Waals surface area contributed by atoms with Crippen LogP contribution in [0.5, 0.6) is 0 Å². The molecule has 1 atom stereocenters. The van der Waals surface area contributed by atoms with Crippen molar-refractivity contribution in [3.63, 3.8) is 0 Å². The fourth-order valence-electron chi connectivity index (χ4n) is 2.26. The first-order valence-electron chi connectivity index (χ1n) is 6.91. The topological polar surface area (TPSA) is 92.4 Å². The summed E-state index contributed by atoms with van der Waals surface area (Å²) in [7, 11) is 0. The quantitative estimate of drug-likeness (QED) is 0.697. The van der Waals surface area contributed by atoms with E-state index in [2.05, 4.69) is 5.32 Å². The van der Waals surface area contributed by atoms with Crippen LogP contribution in [0.2, 0.25) is 0 Å². The van der Waals surface area contributed by atoms with E-state index in [-0.39, 0.29) is 17.5 Å². The number of carboxylic acids is 1. The van der Waals surface area contributed by atoms with Crippen LogP contribution in [-0.2, 0) is 11.2 Å². The van der Waals surface area contributed by atoms with Crippen molar-refractivity contribution in [3.8, 4) is 0 Å². The Bertz CT molecular complexity index is 498. The Morgan fingerprint density at radius 3 is 2.70 bits per heavy atom. The summed E-state index contributed by atoms with van der Waals surface area (Å²) in [5.74, 6) is -0.492. The number of hydrogen-bond acceptors (Lipinski definition) is 3. The van der Waals surface area contributed by atoms with Gasteiger partial charge >= 0.3 is 5.97 Å². The molecule has 20 heavy (non-hydrogen) atoms. The maximum absolute atomic E-state index is 11.7. The molecule has 1 aliphatic carbocycles. The van der Waals surface area contributed by atoms with Gasteiger partial charge in [0.1, 0.15) is 0 Å². The molecule has 1 unspecified atom stereocenters. The summed E-state index contributed by atoms with van der Waals surface area (Å²) in [6, 6.07) is 6.79. The van der Waals surface area contributed by atoms with Gasteiger partial charge in [-0.15, -0.1) is 0 Å². The van der Waals surface area contributed by atoms with Crippen molar-refractivity contribution < 1.29 is 14.7 Å². The minimum atomic E-state index is -0.942. The number of hydrogen-bond donors (Lipinski definition) is 3. The second kappa shape index (κ2) is 6.52. The van der Waals surface area contributed by atoms with E-state index in [0.717, 1.165) is 18.4 Å². The number of nitrogens with two attached hydrogens (primary N) is 1. The van der Waals surface area contributed by atoms with Crippen LogP contribution in [0.1, 0.15) is 35.2 Å². The number of carbonyl (C=O) groups is 2. The Morgan fingerprint density at radius 1 is 1.35 bits per heavy atom. The minimum Gasteiger partial charge on any atom is -0.478 e. The number of nitrogens with one attached hydrogen (secondary N) is 1. The number of carbonyl (C=O) groups excluding carboxylic acids is 1. The maximum Gasteiger partial charge on any atom is 0.335 e. The Hall–Kier alpha value is -1.88. The molecule has 1 aromatic carbocycles. The molecule has 0 bridgehead atoms. The van der Waals surface area contributed by atoms with Crippen LogP contribution < -0.4 is 11.1 Å². The molecule has 2 rings (SSSR count). The normalized spacial score (nSPS) is 15.7. The van der Waals surface area contributed by atoms with Gasteiger partial charge in [-0.05, 0) is 36.8 Å². The molecule has 0 radical (unpaired) electrons. The summed E-state index contributed by atoms with van der Waals surface area (Å²) in [4.78, 5) is 22.7. The monoisotopic (exact) mass is 276 g/mol. The van der Waals surface area contributed by atoms with Gasteiger partial charge in [0, 0.05) is 19.0 Å². The lowest BCUT2D eigenvalue weighted by Gasteiger charge is -2.11. The van der Waals surface area contributed by atoms with Crippen molar-refractivity contribution in [3.05, 3.63) is 35.4 Å². The van der Waals surface area contributed by atoms with Crippen LogP contribution in [0, 0.1) is 5.92 Å². The van der Waals surface area contributed by atoms with E-state index in [1.807, 2.05) is 0 Å². The van der Waals surface area contributed by atoms with Crippen LogP contribution in [0.4, 0.5) is 0 Å². The predicted molar refractivity (Wildman–Crippen MR) is 75.4 cm³/mol. The van der Waals surface area contributed by atoms with Gasteiger partial charge in [0.25, 0.3) is 0 Å². The Balaban J connectivity index is 1.77. The molecule has 0 aromatic heterocycles. The smallest absolute Gasteiger partial charge is 0.335 e. The van der Waals surface area contributed by atoms with E-state index in [0.29, 0.717) is 25.3 Å². The molecule has 0 aliphatic heterocycles. The molecule has 1 aromatic rings. The molecule has 4 N–H and O–H groups in total. The summed E-state index contributed by atoms with van der Waals surface area (Å²) >= 11 is 0. The van der Waals surface area contributed by atoms with Gasteiger partial charge in [0.05, 0.1) is 5.56 Å². The third-order valence-electron chi connectivity index (χ3n) is 3.61. The van der Waals surface area contributed by atoms with Crippen LogP contribution >= 0.6 is 0 Å². The summed E-state index contributed by atoms with van der Waals surface area (Å²) < 4.78 is 0. The minimum absolute atomic E-state index is 0.0405. The number of rotatable bonds is 7. The fourth-order valence-corrected chi connectivity index (χ4v) is 2.26. The van der Waals surface area contributed by atoms with Crippen molar-refractivity contribution in [1.29, 1.82) is 0 Å². The molecule has 0 heterocycles. The van der Waals surface area contributed by atoms with E-state index < -0.39 is 5.97 Å². The predicted octanol–water partition coefficient (Wildman–Crippen LogP) is 1.17. The number of benzene rings is 1. The van der Waals surface area contributed by atoms with Crippen LogP contribution in [0.3, 0.4) is 0 Å². The standard InChI is InChI=1S/C15H20N2O3/c16-13(11-5-6-11)9-14(18)17-8-7-10-3-1-2-4-12(10)15(19)20/h1-4,11,13H,5-9,16H2,(H,17,18)(H,19,20). The van der Waals surface area contributed by atoms with Gasteiger partial charge in [-0.1, -0.05) is 18.2 Å². The van der Waals surface area contributed by atoms with Crippen LogP contribution in [0.15, 0.2) is 24.3 Å². The van der Waals surface area contributed by atoms with E-state index in [9.17, 15) is 9.59 Å². The van der Waals surface area contributed by atoms with Gasteiger partial charge in [-0.25, -0.2) is 4.79 Å². The third kappa shape index (κ3) is 4.06. The Labute approximate surface area is 118 Å². The van der Waals surface area contributed by atoms with Gasteiger partial charge in [-0.3, -0.25) is 4.79 Å². The molecule has 1 fully saturated rings. The SMILES string of the molecule is NC(CC(=O)NCCc1ccccc1C(=O)O)C1CC1. The van der Waals surface area contributed by atoms with E-state index in [1.165, 1.54) is 0 Å². The highest BCUT2D eigenvalue weighted by molar-refractivity contribution is 5.89. The lowest BCUT2D eigenvalue weighted by Crippen LogP contribution is -2.34. The molecular formula is C15H20N2O3. The summed E-state index contributed by atoms with van der Waals surface area (Å²) in [6.45, 7) is 0.431. The van der Waals surface area contributed by atoms with Crippen molar-refractivity contribution in [2.75, 3.05) is 6.54 Å². The van der Waals surface area contributed by atoms with Gasteiger partial charge in [-0.2, -0.15) is 0 Å². The molecule has 5 heteroatoms. The molecular weight excluding hydrogens is 256 g/mol. The lowest BCUT2D eigenvalue weighted by atomic mass is 10.0. The summed E-state index contributed by atoms with van der Waals surface area (Å²) in [6.07, 6.45) is 3.11. The van der Waals surface area contributed by atoms with Gasteiger partial charge in [0.2, 0.25) is 5.91 Å². The van der Waals surface area contributed by atoms with Crippen molar-refractivity contribution in [1.82, 2.24) is 5.32 Å². The number of aromatic carboxylic acids is 1. The van der Waals surface area contributed by atoms with E-state index in [4.69, 9.17) is 10.8 Å². The first-order valence-corrected chi connectivity index (χ1v) is 6.91. The van der Waals surface area contributed by atoms with Crippen molar-refractivity contribution >= 4 is 11.9 Å². The molecule has 108 valence electrons. The largest absolute Gasteiger partial charge is 0.478 e. The second-order valence-corrected chi connectivity index (χ2v) is 5.27. The molecule has 0 saturated heterocycles. The highest BCUT2D eigenvalue weighted by atomic mass is 16.4. The summed E-state index contributed by atoms with van der Waals surface area (Å²) in [5.41, 5.74) is 6.90. The molecule has 1 saturated carbocycles. The molecule has 1 aliphatic rings. The molecule has 5 nitrogen and oxygen atoms in total. The zero-order valence-corrected chi connectivity index (χ0v) is 11.3. The molecule has 1 amide bonds. The highest BCUT2D eigenvalue weighted by Gasteiger charge is 2.29. The van der Waals surface area contributed by atoms with Crippen molar-refractivity contribution in [2.45, 2.75) is 31.7 Å². The third-order valence-corrected chi connectivity index (χ3v) is 3.61. The molecule has 0 spiro atoms. The zero-order chi connectivity index (χ0) is 14.5. The second-order valence-electron chi connectivity index (χ2n) is 5.27. The first-order chi connectivity index (χ1) is 9.58. The van der Waals surface area contributed by atoms with Crippen LogP contribution in [0.25, 0.3) is 0 Å². The highest BCUT2D eigenvalue weighted by Crippen LogP contribution is 2.32. The number of carboxylic acid groups (broad SMARTS) is 1. The zero-order valence-electron chi connectivity index (χ0n) is 11.3. The van der Waals surface area contributed by atoms with E-state index >= 15 is 0 Å². The number of amides is 1. The lowest BCUT2D eigenvalue weighted by molar-refractivity contribution is -0.121. The maximum atomic E-state index is 11.7. The summed E-state index contributed by atoms with van der Waals surface area (Å²) in [5, 5.41) is 11.9. The van der Waals surface area contributed by atoms with Crippen LogP contribution in [-0.4, -0.2) is 29.6 Å². The first kappa shape index (κ1) is 14.5. The van der Waals surface area contributed by atoms with Gasteiger partial charge in [0.15, 0.2) is 0 Å². The average Bonchev–Trinajstić information content (AvgIpc) is 3.23.